The summed E-state index contributed by atoms with van der Waals surface area (Å²) >= 11 is 0. The quantitative estimate of drug-likeness (QED) is 0.659. The topological polar surface area (TPSA) is 73.2 Å². The first kappa shape index (κ1) is 14.5. The number of ketones is 1. The molecule has 0 saturated heterocycles. The summed E-state index contributed by atoms with van der Waals surface area (Å²) in [7, 11) is 3.23. The van der Waals surface area contributed by atoms with Gasteiger partial charge >= 0.3 is 0 Å². The van der Waals surface area contributed by atoms with Gasteiger partial charge in [0.25, 0.3) is 0 Å². The van der Waals surface area contributed by atoms with E-state index in [0.29, 0.717) is 11.4 Å². The lowest BCUT2D eigenvalue weighted by Crippen LogP contribution is -2.19. The molecule has 2 rings (SSSR count). The van der Waals surface area contributed by atoms with Crippen LogP contribution in [0.2, 0.25) is 0 Å². The lowest BCUT2D eigenvalue weighted by Gasteiger charge is -2.07. The van der Waals surface area contributed by atoms with Crippen molar-refractivity contribution in [2.45, 2.75) is 0 Å². The fourth-order valence-electron chi connectivity index (χ4n) is 1.71. The van der Waals surface area contributed by atoms with Crippen LogP contribution in [0.25, 0.3) is 5.69 Å². The van der Waals surface area contributed by atoms with Crippen LogP contribution in [0.3, 0.4) is 0 Å². The van der Waals surface area contributed by atoms with Gasteiger partial charge in [-0.05, 0) is 12.1 Å². The summed E-state index contributed by atoms with van der Waals surface area (Å²) in [4.78, 5) is 23.7. The molecule has 2 aromatic rings. The number of hydrogen-bond donors (Lipinski definition) is 1. The summed E-state index contributed by atoms with van der Waals surface area (Å²) in [5, 5.41) is 6.79. The fourth-order valence-corrected chi connectivity index (χ4v) is 1.71. The normalized spacial score (nSPS) is 10.6. The lowest BCUT2D eigenvalue weighted by atomic mass is 10.2. The summed E-state index contributed by atoms with van der Waals surface area (Å²) in [5.41, 5.74) is 0.146. The maximum Gasteiger partial charge on any atom is 0.211 e. The molecule has 6 heteroatoms. The van der Waals surface area contributed by atoms with Gasteiger partial charge in [0.05, 0.1) is 12.8 Å². The van der Waals surface area contributed by atoms with Crippen LogP contribution in [0.1, 0.15) is 10.5 Å². The minimum absolute atomic E-state index is 0.133. The van der Waals surface area contributed by atoms with E-state index in [1.807, 2.05) is 0 Å². The van der Waals surface area contributed by atoms with Crippen LogP contribution in [-0.4, -0.2) is 29.7 Å². The van der Waals surface area contributed by atoms with E-state index in [2.05, 4.69) is 10.4 Å². The van der Waals surface area contributed by atoms with Gasteiger partial charge in [0.1, 0.15) is 5.75 Å². The highest BCUT2D eigenvalue weighted by Gasteiger charge is 2.10. The van der Waals surface area contributed by atoms with Gasteiger partial charge in [0.15, 0.2) is 5.69 Å². The predicted molar refractivity (Wildman–Crippen MR) is 78.9 cm³/mol. The standard InChI is InChI=1S/C15H15N3O3/c1-16-8-6-13(19)15-14(20)7-9-18(17-15)11-4-3-5-12(10-11)21-2/h3-10,16H,1-2H3/b8-6+. The Balaban J connectivity index is 2.45. The zero-order chi connectivity index (χ0) is 15.2. The van der Waals surface area contributed by atoms with Crippen LogP contribution in [0.5, 0.6) is 5.75 Å². The molecular weight excluding hydrogens is 270 g/mol. The third-order valence-electron chi connectivity index (χ3n) is 2.76. The number of nitrogens with one attached hydrogen (secondary N) is 1. The number of carbonyl (C=O) groups is 1. The molecule has 0 atom stereocenters. The smallest absolute Gasteiger partial charge is 0.211 e. The van der Waals surface area contributed by atoms with Crippen LogP contribution >= 0.6 is 0 Å². The molecule has 1 heterocycles. The van der Waals surface area contributed by atoms with Crippen molar-refractivity contribution in [2.75, 3.05) is 14.2 Å². The highest BCUT2D eigenvalue weighted by Crippen LogP contribution is 2.15. The van der Waals surface area contributed by atoms with Crippen LogP contribution in [0.4, 0.5) is 0 Å². The molecular formula is C15H15N3O3. The Kier molecular flexibility index (Phi) is 4.50. The van der Waals surface area contributed by atoms with E-state index >= 15 is 0 Å². The third-order valence-corrected chi connectivity index (χ3v) is 2.76. The van der Waals surface area contributed by atoms with Gasteiger partial charge in [-0.25, -0.2) is 4.68 Å². The molecule has 0 radical (unpaired) electrons. The average molecular weight is 285 g/mol. The number of aromatic nitrogens is 2. The Hall–Kier alpha value is -2.89. The van der Waals surface area contributed by atoms with Gasteiger partial charge in [0.2, 0.25) is 11.2 Å². The van der Waals surface area contributed by atoms with Crippen molar-refractivity contribution >= 4 is 5.78 Å². The molecule has 0 aliphatic carbocycles. The van der Waals surface area contributed by atoms with E-state index in [9.17, 15) is 9.59 Å². The number of nitrogens with zero attached hydrogens (tertiary/aromatic N) is 2. The summed E-state index contributed by atoms with van der Waals surface area (Å²) in [6, 6.07) is 8.48. The molecule has 1 aromatic carbocycles. The van der Waals surface area contributed by atoms with Crippen molar-refractivity contribution in [2.24, 2.45) is 0 Å². The maximum absolute atomic E-state index is 11.9. The van der Waals surface area contributed by atoms with E-state index in [1.165, 1.54) is 29.2 Å². The van der Waals surface area contributed by atoms with Gasteiger partial charge in [-0.2, -0.15) is 5.10 Å². The lowest BCUT2D eigenvalue weighted by molar-refractivity contribution is 0.103. The van der Waals surface area contributed by atoms with Gasteiger partial charge < -0.3 is 10.1 Å². The highest BCUT2D eigenvalue weighted by molar-refractivity contribution is 6.02. The van der Waals surface area contributed by atoms with Crippen molar-refractivity contribution in [1.29, 1.82) is 0 Å². The third kappa shape index (κ3) is 3.36. The molecule has 0 unspecified atom stereocenters. The summed E-state index contributed by atoms with van der Waals surface area (Å²) in [5.74, 6) is 0.211. The molecule has 1 aromatic heterocycles. The summed E-state index contributed by atoms with van der Waals surface area (Å²) < 4.78 is 6.60. The Bertz CT molecular complexity index is 735. The molecule has 1 N–H and O–H groups in total. The first-order valence-electron chi connectivity index (χ1n) is 6.28. The van der Waals surface area contributed by atoms with Crippen LogP contribution in [0.15, 0.2) is 53.6 Å². The van der Waals surface area contributed by atoms with Gasteiger partial charge in [0, 0.05) is 37.7 Å². The molecule has 108 valence electrons. The number of methoxy groups -OCH3 is 1. The van der Waals surface area contributed by atoms with E-state index in [1.54, 1.807) is 38.4 Å². The number of ether oxygens (including phenoxy) is 1. The number of rotatable bonds is 5. The van der Waals surface area contributed by atoms with E-state index in [0.717, 1.165) is 0 Å². The number of benzene rings is 1. The van der Waals surface area contributed by atoms with Crippen LogP contribution in [-0.2, 0) is 0 Å². The first-order chi connectivity index (χ1) is 10.2. The number of hydrogen-bond acceptors (Lipinski definition) is 5. The fraction of sp³-hybridized carbons (Fsp3) is 0.133. The molecule has 0 bridgehead atoms. The van der Waals surface area contributed by atoms with E-state index in [-0.39, 0.29) is 5.69 Å². The maximum atomic E-state index is 11.9. The molecule has 0 aliphatic heterocycles. The van der Waals surface area contributed by atoms with Crippen LogP contribution in [0, 0.1) is 0 Å². The van der Waals surface area contributed by atoms with Gasteiger partial charge in [-0.15, -0.1) is 0 Å². The second-order valence-electron chi connectivity index (χ2n) is 4.16. The molecule has 0 aliphatic rings. The number of carbonyl (C=O) groups excluding carboxylic acids is 1. The molecule has 21 heavy (non-hydrogen) atoms. The molecule has 0 amide bonds. The average Bonchev–Trinajstić information content (AvgIpc) is 2.53. The minimum atomic E-state index is -0.452. The minimum Gasteiger partial charge on any atom is -0.497 e. The Morgan fingerprint density at radius 3 is 2.90 bits per heavy atom. The van der Waals surface area contributed by atoms with Crippen LogP contribution < -0.4 is 15.5 Å². The van der Waals surface area contributed by atoms with Crippen molar-refractivity contribution in [3.63, 3.8) is 0 Å². The molecule has 6 nitrogen and oxygen atoms in total. The van der Waals surface area contributed by atoms with E-state index < -0.39 is 11.2 Å². The Morgan fingerprint density at radius 1 is 1.38 bits per heavy atom. The van der Waals surface area contributed by atoms with Gasteiger partial charge in [-0.1, -0.05) is 6.07 Å². The van der Waals surface area contributed by atoms with Crippen molar-refractivity contribution in [3.05, 3.63) is 64.7 Å². The molecule has 0 spiro atoms. The molecule has 0 saturated carbocycles. The first-order valence-corrected chi connectivity index (χ1v) is 6.28. The Labute approximate surface area is 121 Å². The second kappa shape index (κ2) is 6.51. The van der Waals surface area contributed by atoms with Gasteiger partial charge in [-0.3, -0.25) is 9.59 Å². The summed E-state index contributed by atoms with van der Waals surface area (Å²) in [6.45, 7) is 0. The van der Waals surface area contributed by atoms with E-state index in [4.69, 9.17) is 4.74 Å². The van der Waals surface area contributed by atoms with Crippen molar-refractivity contribution < 1.29 is 9.53 Å². The highest BCUT2D eigenvalue weighted by atomic mass is 16.5. The summed E-state index contributed by atoms with van der Waals surface area (Å²) in [6.07, 6.45) is 4.22. The monoisotopic (exact) mass is 285 g/mol. The molecule has 0 fully saturated rings. The number of allylic oxidation sites excluding steroid dienone is 1. The Morgan fingerprint density at radius 2 is 2.19 bits per heavy atom. The zero-order valence-corrected chi connectivity index (χ0v) is 11.7. The van der Waals surface area contributed by atoms with Crippen molar-refractivity contribution in [3.8, 4) is 11.4 Å². The largest absolute Gasteiger partial charge is 0.497 e. The van der Waals surface area contributed by atoms with Crippen molar-refractivity contribution in [1.82, 2.24) is 15.1 Å². The predicted octanol–water partition coefficient (Wildman–Crippen LogP) is 1.16. The second-order valence-corrected chi connectivity index (χ2v) is 4.16. The zero-order valence-electron chi connectivity index (χ0n) is 11.7. The SMILES string of the molecule is CN/C=C/C(=O)c1nn(-c2cccc(OC)c2)ccc1=O.